The second kappa shape index (κ2) is 7.21. The van der Waals surface area contributed by atoms with Crippen LogP contribution in [0.4, 0.5) is 0 Å². The van der Waals surface area contributed by atoms with Gasteiger partial charge in [0.05, 0.1) is 6.61 Å². The SMILES string of the molecule is CCOC(=O)c1nnnn1CCCSCC. The molecule has 6 nitrogen and oxygen atoms in total. The quantitative estimate of drug-likeness (QED) is 0.526. The standard InChI is InChI=1S/C9H16N4O2S/c1-3-15-9(14)8-10-11-12-13(8)6-5-7-16-4-2/h3-7H2,1-2H3. The molecule has 90 valence electrons. The van der Waals surface area contributed by atoms with E-state index in [9.17, 15) is 4.79 Å². The summed E-state index contributed by atoms with van der Waals surface area (Å²) in [6.07, 6.45) is 0.940. The molecule has 0 unspecified atom stereocenters. The molecule has 0 atom stereocenters. The number of tetrazole rings is 1. The highest BCUT2D eigenvalue weighted by molar-refractivity contribution is 7.99. The first-order valence-electron chi connectivity index (χ1n) is 5.30. The Morgan fingerprint density at radius 1 is 1.50 bits per heavy atom. The van der Waals surface area contributed by atoms with Gasteiger partial charge < -0.3 is 4.74 Å². The predicted octanol–water partition coefficient (Wildman–Crippen LogP) is 0.993. The summed E-state index contributed by atoms with van der Waals surface area (Å²) in [5.74, 6) is 1.86. The lowest BCUT2D eigenvalue weighted by molar-refractivity contribution is 0.0504. The molecule has 0 aliphatic rings. The van der Waals surface area contributed by atoms with Crippen molar-refractivity contribution in [2.24, 2.45) is 0 Å². The molecule has 0 fully saturated rings. The minimum absolute atomic E-state index is 0.184. The molecule has 0 amide bonds. The van der Waals surface area contributed by atoms with Crippen molar-refractivity contribution in [2.75, 3.05) is 18.1 Å². The van der Waals surface area contributed by atoms with Crippen LogP contribution in [0.3, 0.4) is 0 Å². The highest BCUT2D eigenvalue weighted by Crippen LogP contribution is 2.03. The van der Waals surface area contributed by atoms with Gasteiger partial charge in [-0.2, -0.15) is 11.8 Å². The molecule has 0 saturated carbocycles. The predicted molar refractivity (Wildman–Crippen MR) is 61.4 cm³/mol. The summed E-state index contributed by atoms with van der Waals surface area (Å²) in [7, 11) is 0. The smallest absolute Gasteiger partial charge is 0.378 e. The molecule has 0 spiro atoms. The van der Waals surface area contributed by atoms with Crippen LogP contribution < -0.4 is 0 Å². The first-order chi connectivity index (χ1) is 7.79. The summed E-state index contributed by atoms with van der Waals surface area (Å²) in [6.45, 7) is 4.85. The van der Waals surface area contributed by atoms with Crippen LogP contribution in [0.1, 0.15) is 30.9 Å². The van der Waals surface area contributed by atoms with Gasteiger partial charge in [-0.3, -0.25) is 0 Å². The highest BCUT2D eigenvalue weighted by atomic mass is 32.2. The number of aryl methyl sites for hydroxylation is 1. The number of hydrogen-bond acceptors (Lipinski definition) is 6. The molecule has 0 N–H and O–H groups in total. The van der Waals surface area contributed by atoms with Crippen molar-refractivity contribution in [3.05, 3.63) is 5.82 Å². The Kier molecular flexibility index (Phi) is 5.84. The largest absolute Gasteiger partial charge is 0.460 e. The zero-order valence-electron chi connectivity index (χ0n) is 9.55. The van der Waals surface area contributed by atoms with Crippen molar-refractivity contribution in [3.8, 4) is 0 Å². The monoisotopic (exact) mass is 244 g/mol. The fourth-order valence-corrected chi connectivity index (χ4v) is 1.78. The van der Waals surface area contributed by atoms with Gasteiger partial charge in [0.2, 0.25) is 0 Å². The molecule has 0 aliphatic carbocycles. The van der Waals surface area contributed by atoms with Gasteiger partial charge in [0.1, 0.15) is 0 Å². The van der Waals surface area contributed by atoms with Crippen molar-refractivity contribution in [1.82, 2.24) is 20.2 Å². The van der Waals surface area contributed by atoms with Gasteiger partial charge in [-0.25, -0.2) is 9.48 Å². The molecular formula is C9H16N4O2S. The number of esters is 1. The zero-order valence-corrected chi connectivity index (χ0v) is 10.4. The normalized spacial score (nSPS) is 10.4. The van der Waals surface area contributed by atoms with Crippen LogP contribution in [0, 0.1) is 0 Å². The van der Waals surface area contributed by atoms with Crippen LogP contribution in [0.25, 0.3) is 0 Å². The van der Waals surface area contributed by atoms with E-state index in [0.29, 0.717) is 13.2 Å². The summed E-state index contributed by atoms with van der Waals surface area (Å²) < 4.78 is 6.34. The Bertz CT molecular complexity index is 329. The van der Waals surface area contributed by atoms with Gasteiger partial charge in [-0.05, 0) is 35.3 Å². The third-order valence-corrected chi connectivity index (χ3v) is 2.84. The van der Waals surface area contributed by atoms with Gasteiger partial charge in [-0.15, -0.1) is 5.10 Å². The van der Waals surface area contributed by atoms with Gasteiger partial charge in [0.25, 0.3) is 5.82 Å². The molecule has 16 heavy (non-hydrogen) atoms. The van der Waals surface area contributed by atoms with Crippen LogP contribution >= 0.6 is 11.8 Å². The molecule has 1 heterocycles. The van der Waals surface area contributed by atoms with E-state index in [2.05, 4.69) is 22.4 Å². The molecular weight excluding hydrogens is 228 g/mol. The number of carbonyl (C=O) groups is 1. The summed E-state index contributed by atoms with van der Waals surface area (Å²) in [5.41, 5.74) is 0. The average Bonchev–Trinajstić information content (AvgIpc) is 2.73. The number of aromatic nitrogens is 4. The van der Waals surface area contributed by atoms with Crippen molar-refractivity contribution in [1.29, 1.82) is 0 Å². The molecule has 1 aromatic heterocycles. The lowest BCUT2D eigenvalue weighted by Gasteiger charge is -2.03. The van der Waals surface area contributed by atoms with Crippen molar-refractivity contribution in [2.45, 2.75) is 26.8 Å². The molecule has 0 aliphatic heterocycles. The van der Waals surface area contributed by atoms with Crippen LogP contribution in [-0.4, -0.2) is 44.3 Å². The minimum Gasteiger partial charge on any atom is -0.460 e. The van der Waals surface area contributed by atoms with E-state index >= 15 is 0 Å². The maximum atomic E-state index is 11.4. The molecule has 0 aromatic carbocycles. The second-order valence-electron chi connectivity index (χ2n) is 3.00. The zero-order chi connectivity index (χ0) is 11.8. The van der Waals surface area contributed by atoms with Crippen LogP contribution in [0.5, 0.6) is 0 Å². The molecule has 1 aromatic rings. The van der Waals surface area contributed by atoms with E-state index in [4.69, 9.17) is 4.74 Å². The summed E-state index contributed by atoms with van der Waals surface area (Å²) >= 11 is 1.86. The van der Waals surface area contributed by atoms with Crippen LogP contribution in [0.15, 0.2) is 0 Å². The lowest BCUT2D eigenvalue weighted by Crippen LogP contribution is -2.15. The molecule has 0 bridgehead atoms. The summed E-state index contributed by atoms with van der Waals surface area (Å²) in [6, 6.07) is 0. The molecule has 0 saturated heterocycles. The first kappa shape index (κ1) is 13.0. The number of carbonyl (C=O) groups excluding carboxylic acids is 1. The number of ether oxygens (including phenoxy) is 1. The van der Waals surface area contributed by atoms with Crippen molar-refractivity contribution in [3.63, 3.8) is 0 Å². The van der Waals surface area contributed by atoms with Gasteiger partial charge in [0.15, 0.2) is 0 Å². The van der Waals surface area contributed by atoms with E-state index in [1.807, 2.05) is 11.8 Å². The third kappa shape index (κ3) is 3.80. The maximum absolute atomic E-state index is 11.4. The van der Waals surface area contributed by atoms with Crippen LogP contribution in [0.2, 0.25) is 0 Å². The van der Waals surface area contributed by atoms with Gasteiger partial charge in [0, 0.05) is 6.54 Å². The second-order valence-corrected chi connectivity index (χ2v) is 4.39. The van der Waals surface area contributed by atoms with Crippen LogP contribution in [-0.2, 0) is 11.3 Å². The van der Waals surface area contributed by atoms with Crippen molar-refractivity contribution < 1.29 is 9.53 Å². The lowest BCUT2D eigenvalue weighted by atomic mass is 10.4. The third-order valence-electron chi connectivity index (χ3n) is 1.85. The van der Waals surface area contributed by atoms with E-state index in [0.717, 1.165) is 17.9 Å². The van der Waals surface area contributed by atoms with E-state index in [1.165, 1.54) is 4.68 Å². The number of hydrogen-bond donors (Lipinski definition) is 0. The Morgan fingerprint density at radius 3 is 3.00 bits per heavy atom. The summed E-state index contributed by atoms with van der Waals surface area (Å²) in [5, 5.41) is 10.9. The fraction of sp³-hybridized carbons (Fsp3) is 0.778. The first-order valence-corrected chi connectivity index (χ1v) is 6.46. The fourth-order valence-electron chi connectivity index (χ4n) is 1.16. The minimum atomic E-state index is -0.462. The van der Waals surface area contributed by atoms with Gasteiger partial charge >= 0.3 is 5.97 Å². The number of thioether (sulfide) groups is 1. The Morgan fingerprint density at radius 2 is 2.31 bits per heavy atom. The Hall–Kier alpha value is -1.11. The molecule has 7 heteroatoms. The summed E-state index contributed by atoms with van der Waals surface area (Å²) in [4.78, 5) is 11.4. The molecule has 1 rings (SSSR count). The topological polar surface area (TPSA) is 69.9 Å². The maximum Gasteiger partial charge on any atom is 0.378 e. The van der Waals surface area contributed by atoms with Crippen molar-refractivity contribution >= 4 is 17.7 Å². The van der Waals surface area contributed by atoms with E-state index in [1.54, 1.807) is 6.92 Å². The van der Waals surface area contributed by atoms with E-state index < -0.39 is 5.97 Å². The van der Waals surface area contributed by atoms with Gasteiger partial charge in [-0.1, -0.05) is 6.92 Å². The average molecular weight is 244 g/mol. The molecule has 0 radical (unpaired) electrons. The highest BCUT2D eigenvalue weighted by Gasteiger charge is 2.15. The number of rotatable bonds is 7. The Balaban J connectivity index is 2.47. The van der Waals surface area contributed by atoms with E-state index in [-0.39, 0.29) is 5.82 Å². The Labute approximate surface area is 98.7 Å². The number of nitrogens with zero attached hydrogens (tertiary/aromatic N) is 4.